The number of thiophene rings is 1. The van der Waals surface area contributed by atoms with E-state index in [1.807, 2.05) is 20.8 Å². The second kappa shape index (κ2) is 7.11. The lowest BCUT2D eigenvalue weighted by molar-refractivity contribution is -0.159. The highest BCUT2D eigenvalue weighted by molar-refractivity contribution is 8.01. The van der Waals surface area contributed by atoms with Crippen molar-refractivity contribution in [3.63, 3.8) is 0 Å². The van der Waals surface area contributed by atoms with Crippen LogP contribution in [0.5, 0.6) is 0 Å². The van der Waals surface area contributed by atoms with Gasteiger partial charge in [-0.1, -0.05) is 29.1 Å². The van der Waals surface area contributed by atoms with Gasteiger partial charge in [0.25, 0.3) is 0 Å². The lowest BCUT2D eigenvalue weighted by Gasteiger charge is -2.24. The Morgan fingerprint density at radius 1 is 1.24 bits per heavy atom. The summed E-state index contributed by atoms with van der Waals surface area (Å²) in [5.41, 5.74) is 2.72. The molecule has 1 aliphatic heterocycles. The molecule has 25 heavy (non-hydrogen) atoms. The van der Waals surface area contributed by atoms with Crippen LogP contribution in [0.1, 0.15) is 38.8 Å². The van der Waals surface area contributed by atoms with Gasteiger partial charge in [0.15, 0.2) is 5.79 Å². The van der Waals surface area contributed by atoms with E-state index in [2.05, 4.69) is 47.8 Å². The van der Waals surface area contributed by atoms with Gasteiger partial charge < -0.3 is 14.3 Å². The van der Waals surface area contributed by atoms with Gasteiger partial charge in [-0.25, -0.2) is 0 Å². The number of hydrogen-bond acceptors (Lipinski definition) is 6. The first-order valence-corrected chi connectivity index (χ1v) is 9.80. The van der Waals surface area contributed by atoms with E-state index < -0.39 is 5.79 Å². The normalized spacial score (nSPS) is 23.0. The van der Waals surface area contributed by atoms with Gasteiger partial charge in [0.2, 0.25) is 0 Å². The summed E-state index contributed by atoms with van der Waals surface area (Å²) in [6.07, 6.45) is 0. The molecule has 1 unspecified atom stereocenters. The Morgan fingerprint density at radius 2 is 1.96 bits per heavy atom. The molecule has 1 aromatic carbocycles. The van der Waals surface area contributed by atoms with Crippen LogP contribution in [-0.4, -0.2) is 25.2 Å². The molecular weight excluding hydrogens is 354 g/mol. The summed E-state index contributed by atoms with van der Waals surface area (Å²) in [6, 6.07) is 10.5. The van der Waals surface area contributed by atoms with Crippen molar-refractivity contribution in [2.45, 2.75) is 48.2 Å². The largest absolute Gasteiger partial charge is 0.399 e. The maximum absolute atomic E-state index is 6.10. The van der Waals surface area contributed by atoms with E-state index >= 15 is 0 Å². The van der Waals surface area contributed by atoms with Crippen LogP contribution in [0.4, 0.5) is 0 Å². The second-order valence-electron chi connectivity index (χ2n) is 6.66. The van der Waals surface area contributed by atoms with Gasteiger partial charge in [0.1, 0.15) is 12.7 Å². The number of nitrogens with zero attached hydrogens (tertiary/aromatic N) is 1. The Morgan fingerprint density at radius 3 is 2.56 bits per heavy atom. The molecule has 3 rings (SSSR count). The van der Waals surface area contributed by atoms with Crippen molar-refractivity contribution in [2.24, 2.45) is 5.16 Å². The molecule has 134 valence electrons. The molecule has 1 saturated heterocycles. The maximum Gasteiger partial charge on any atom is 0.164 e. The quantitative estimate of drug-likeness (QED) is 0.526. The van der Waals surface area contributed by atoms with Gasteiger partial charge in [0.05, 0.1) is 16.5 Å². The third kappa shape index (κ3) is 4.26. The summed E-state index contributed by atoms with van der Waals surface area (Å²) in [7, 11) is 1.56. The molecule has 0 N–H and O–H groups in total. The Hall–Kier alpha value is -1.34. The standard InChI is InChI=1S/C19H23NO3S2/c1-13(20-21-5)14-6-8-16(9-7-14)25-17-10-15(11-24-17)19(4)12-22-18(2,3)23-19/h6-11H,12H2,1-5H3/b20-13+. The highest BCUT2D eigenvalue weighted by Crippen LogP contribution is 2.42. The average molecular weight is 378 g/mol. The number of rotatable bonds is 5. The van der Waals surface area contributed by atoms with E-state index in [1.165, 1.54) is 14.7 Å². The number of ether oxygens (including phenoxy) is 2. The molecule has 1 aromatic heterocycles. The van der Waals surface area contributed by atoms with Crippen LogP contribution in [-0.2, 0) is 19.9 Å². The molecule has 1 atom stereocenters. The fourth-order valence-electron chi connectivity index (χ4n) is 2.77. The van der Waals surface area contributed by atoms with Crippen LogP contribution >= 0.6 is 23.1 Å². The minimum absolute atomic E-state index is 0.379. The summed E-state index contributed by atoms with van der Waals surface area (Å²) in [5.74, 6) is -0.526. The van der Waals surface area contributed by atoms with E-state index in [1.54, 1.807) is 30.2 Å². The summed E-state index contributed by atoms with van der Waals surface area (Å²) in [6.45, 7) is 8.51. The smallest absolute Gasteiger partial charge is 0.164 e. The molecule has 0 radical (unpaired) electrons. The first-order valence-electron chi connectivity index (χ1n) is 8.10. The first-order chi connectivity index (χ1) is 11.8. The van der Waals surface area contributed by atoms with Gasteiger partial charge >= 0.3 is 0 Å². The van der Waals surface area contributed by atoms with Crippen LogP contribution in [0, 0.1) is 0 Å². The molecule has 1 fully saturated rings. The lowest BCUT2D eigenvalue weighted by atomic mass is 10.0. The first kappa shape index (κ1) is 18.5. The molecule has 1 aliphatic rings. The van der Waals surface area contributed by atoms with Gasteiger partial charge in [-0.3, -0.25) is 0 Å². The summed E-state index contributed by atoms with van der Waals surface area (Å²) in [5, 5.41) is 6.12. The van der Waals surface area contributed by atoms with Crippen LogP contribution in [0.25, 0.3) is 0 Å². The summed E-state index contributed by atoms with van der Waals surface area (Å²) >= 11 is 3.48. The monoisotopic (exact) mass is 377 g/mol. The molecular formula is C19H23NO3S2. The van der Waals surface area contributed by atoms with Crippen LogP contribution in [0.2, 0.25) is 0 Å². The third-order valence-electron chi connectivity index (χ3n) is 4.07. The minimum Gasteiger partial charge on any atom is -0.399 e. The van der Waals surface area contributed by atoms with E-state index in [9.17, 15) is 0 Å². The van der Waals surface area contributed by atoms with Crippen molar-refractivity contribution in [1.82, 2.24) is 0 Å². The maximum atomic E-state index is 6.10. The zero-order valence-corrected chi connectivity index (χ0v) is 16.8. The van der Waals surface area contributed by atoms with Crippen molar-refractivity contribution in [3.8, 4) is 0 Å². The topological polar surface area (TPSA) is 40.0 Å². The number of hydrogen-bond donors (Lipinski definition) is 0. The molecule has 2 aromatic rings. The van der Waals surface area contributed by atoms with Crippen molar-refractivity contribution < 1.29 is 14.3 Å². The molecule has 2 heterocycles. The molecule has 0 aliphatic carbocycles. The molecule has 0 saturated carbocycles. The predicted molar refractivity (Wildman–Crippen MR) is 103 cm³/mol. The zero-order valence-electron chi connectivity index (χ0n) is 15.2. The fourth-order valence-corrected chi connectivity index (χ4v) is 4.84. The van der Waals surface area contributed by atoms with Crippen molar-refractivity contribution in [2.75, 3.05) is 13.7 Å². The van der Waals surface area contributed by atoms with E-state index in [-0.39, 0.29) is 5.60 Å². The molecule has 4 nitrogen and oxygen atoms in total. The third-order valence-corrected chi connectivity index (χ3v) is 6.16. The van der Waals surface area contributed by atoms with E-state index in [4.69, 9.17) is 14.3 Å². The van der Waals surface area contributed by atoms with Gasteiger partial charge in [0, 0.05) is 4.90 Å². The second-order valence-corrected chi connectivity index (χ2v) is 8.95. The van der Waals surface area contributed by atoms with Crippen molar-refractivity contribution in [3.05, 3.63) is 46.8 Å². The fraction of sp³-hybridized carbons (Fsp3) is 0.421. The van der Waals surface area contributed by atoms with Gasteiger partial charge in [-0.05, 0) is 62.4 Å². The molecule has 0 amide bonds. The Balaban J connectivity index is 1.71. The van der Waals surface area contributed by atoms with Crippen LogP contribution in [0.3, 0.4) is 0 Å². The molecule has 0 spiro atoms. The predicted octanol–water partition coefficient (Wildman–Crippen LogP) is 5.27. The van der Waals surface area contributed by atoms with Crippen LogP contribution in [0.15, 0.2) is 50.0 Å². The number of benzene rings is 1. The highest BCUT2D eigenvalue weighted by atomic mass is 32.2. The van der Waals surface area contributed by atoms with E-state index in [0.29, 0.717) is 6.61 Å². The SMILES string of the molecule is CO/N=C(\C)c1ccc(Sc2cc(C3(C)COC(C)(C)O3)cs2)cc1. The van der Waals surface area contributed by atoms with Crippen LogP contribution < -0.4 is 0 Å². The summed E-state index contributed by atoms with van der Waals surface area (Å²) in [4.78, 5) is 6.01. The van der Waals surface area contributed by atoms with Gasteiger partial charge in [-0.2, -0.15) is 0 Å². The average Bonchev–Trinajstić information content (AvgIpc) is 3.13. The molecule has 6 heteroatoms. The molecule has 0 bridgehead atoms. The number of oxime groups is 1. The zero-order chi connectivity index (χ0) is 18.1. The Labute approximate surface area is 157 Å². The van der Waals surface area contributed by atoms with Gasteiger partial charge in [-0.15, -0.1) is 11.3 Å². The minimum atomic E-state index is -0.526. The highest BCUT2D eigenvalue weighted by Gasteiger charge is 2.43. The lowest BCUT2D eigenvalue weighted by Crippen LogP contribution is -2.27. The van der Waals surface area contributed by atoms with Crippen molar-refractivity contribution >= 4 is 28.8 Å². The van der Waals surface area contributed by atoms with Crippen molar-refractivity contribution in [1.29, 1.82) is 0 Å². The Bertz CT molecular complexity index is 767. The van der Waals surface area contributed by atoms with E-state index in [0.717, 1.165) is 11.3 Å². The summed E-state index contributed by atoms with van der Waals surface area (Å²) < 4.78 is 13.1. The Kier molecular flexibility index (Phi) is 5.25.